The number of nitrogens with zero attached hydrogens (tertiary/aromatic N) is 2. The van der Waals surface area contributed by atoms with Crippen LogP contribution in [0.25, 0.3) is 0 Å². The highest BCUT2D eigenvalue weighted by Gasteiger charge is 2.33. The van der Waals surface area contributed by atoms with Gasteiger partial charge in [-0.1, -0.05) is 0 Å². The molecule has 0 saturated carbocycles. The SMILES string of the molecule is CC(=O)N[C@H](C)[C@@H](O)[C@H](O)[C@H](Cc1cc(F)cc(F)c1)NC(=O)c1csc(N(C)S(C)(=O)=O)n1. The Balaban J connectivity index is 2.30. The third-order valence-electron chi connectivity index (χ3n) is 4.89. The average Bonchev–Trinajstić information content (AvgIpc) is 3.19. The number of rotatable bonds is 10. The molecular weight excluding hydrogens is 494 g/mol. The largest absolute Gasteiger partial charge is 0.388 e. The van der Waals surface area contributed by atoms with E-state index in [1.54, 1.807) is 0 Å². The number of thiazole rings is 1. The molecule has 188 valence electrons. The van der Waals surface area contributed by atoms with E-state index in [4.69, 9.17) is 0 Å². The summed E-state index contributed by atoms with van der Waals surface area (Å²) < 4.78 is 51.6. The molecule has 14 heteroatoms. The van der Waals surface area contributed by atoms with E-state index >= 15 is 0 Å². The van der Waals surface area contributed by atoms with Gasteiger partial charge in [0.05, 0.1) is 18.3 Å². The highest BCUT2D eigenvalue weighted by Crippen LogP contribution is 2.22. The van der Waals surface area contributed by atoms with Crippen LogP contribution in [0.2, 0.25) is 0 Å². The van der Waals surface area contributed by atoms with Crippen molar-refractivity contribution >= 4 is 38.3 Å². The summed E-state index contributed by atoms with van der Waals surface area (Å²) in [5.74, 6) is -3.01. The molecular formula is C20H26F2N4O6S2. The molecule has 0 aliphatic carbocycles. The maximum absolute atomic E-state index is 13.7. The molecule has 1 heterocycles. The van der Waals surface area contributed by atoms with Crippen LogP contribution in [-0.4, -0.2) is 73.0 Å². The monoisotopic (exact) mass is 520 g/mol. The van der Waals surface area contributed by atoms with Gasteiger partial charge in [0.15, 0.2) is 5.13 Å². The van der Waals surface area contributed by atoms with Gasteiger partial charge >= 0.3 is 0 Å². The fourth-order valence-corrected chi connectivity index (χ4v) is 4.61. The third-order valence-corrected chi connectivity index (χ3v) is 7.09. The number of carbonyl (C=O) groups is 2. The van der Waals surface area contributed by atoms with Gasteiger partial charge in [0, 0.05) is 25.4 Å². The predicted octanol–water partition coefficient (Wildman–Crippen LogP) is 0.405. The maximum Gasteiger partial charge on any atom is 0.271 e. The zero-order chi connectivity index (χ0) is 25.8. The predicted molar refractivity (Wildman–Crippen MR) is 122 cm³/mol. The van der Waals surface area contributed by atoms with Crippen LogP contribution >= 0.6 is 11.3 Å². The van der Waals surface area contributed by atoms with Crippen molar-refractivity contribution in [2.24, 2.45) is 0 Å². The molecule has 0 aliphatic heterocycles. The molecule has 4 N–H and O–H groups in total. The van der Waals surface area contributed by atoms with Gasteiger partial charge in [0.25, 0.3) is 5.91 Å². The zero-order valence-electron chi connectivity index (χ0n) is 18.8. The molecule has 2 aromatic rings. The van der Waals surface area contributed by atoms with E-state index in [9.17, 15) is 37.0 Å². The Bertz CT molecular complexity index is 1120. The summed E-state index contributed by atoms with van der Waals surface area (Å²) in [4.78, 5) is 28.1. The van der Waals surface area contributed by atoms with Crippen LogP contribution in [0.4, 0.5) is 13.9 Å². The molecule has 0 saturated heterocycles. The van der Waals surface area contributed by atoms with Crippen molar-refractivity contribution in [2.75, 3.05) is 17.6 Å². The van der Waals surface area contributed by atoms with Crippen molar-refractivity contribution < 1.29 is 37.0 Å². The quantitative estimate of drug-likeness (QED) is 0.354. The van der Waals surface area contributed by atoms with Gasteiger partial charge < -0.3 is 20.8 Å². The summed E-state index contributed by atoms with van der Waals surface area (Å²) in [6.07, 6.45) is -2.51. The van der Waals surface area contributed by atoms with Gasteiger partial charge in [0.2, 0.25) is 15.9 Å². The minimum absolute atomic E-state index is 0.0243. The van der Waals surface area contributed by atoms with Crippen LogP contribution in [0, 0.1) is 11.6 Å². The second kappa shape index (κ2) is 11.2. The molecule has 0 fully saturated rings. The number of halogens is 2. The number of hydrogen-bond donors (Lipinski definition) is 4. The van der Waals surface area contributed by atoms with Crippen LogP contribution in [0.3, 0.4) is 0 Å². The van der Waals surface area contributed by atoms with Crippen LogP contribution in [0.15, 0.2) is 23.6 Å². The zero-order valence-corrected chi connectivity index (χ0v) is 20.5. The normalized spacial score (nSPS) is 15.2. The fourth-order valence-electron chi connectivity index (χ4n) is 3.08. The van der Waals surface area contributed by atoms with E-state index in [1.165, 1.54) is 26.3 Å². The first-order chi connectivity index (χ1) is 15.7. The molecule has 0 aliphatic rings. The highest BCUT2D eigenvalue weighted by atomic mass is 32.2. The number of anilines is 1. The summed E-state index contributed by atoms with van der Waals surface area (Å²) in [5.41, 5.74) is -0.0699. The lowest BCUT2D eigenvalue weighted by atomic mass is 9.94. The second-order valence-electron chi connectivity index (χ2n) is 7.78. The van der Waals surface area contributed by atoms with Crippen molar-refractivity contribution in [2.45, 2.75) is 44.6 Å². The van der Waals surface area contributed by atoms with Gasteiger partial charge in [-0.2, -0.15) is 0 Å². The van der Waals surface area contributed by atoms with Crippen molar-refractivity contribution in [1.82, 2.24) is 15.6 Å². The standard InChI is InChI=1S/C20H26F2N4O6S2/c1-10(23-11(2)27)17(28)18(29)15(7-12-5-13(21)8-14(22)6-12)24-19(30)16-9-33-20(25-16)26(3)34(4,31)32/h5-6,8-10,15,17-18,28-29H,7H2,1-4H3,(H,23,27)(H,24,30)/t10-,15+,17-,18-/m1/s1. The Hall–Kier alpha value is -2.68. The smallest absolute Gasteiger partial charge is 0.271 e. The molecule has 4 atom stereocenters. The van der Waals surface area contributed by atoms with E-state index in [1.807, 2.05) is 0 Å². The summed E-state index contributed by atoms with van der Waals surface area (Å²) in [5, 5.41) is 27.5. The number of carbonyl (C=O) groups excluding carboxylic acids is 2. The number of sulfonamides is 1. The van der Waals surface area contributed by atoms with Crippen LogP contribution in [0.5, 0.6) is 0 Å². The lowest BCUT2D eigenvalue weighted by Gasteiger charge is -2.31. The lowest BCUT2D eigenvalue weighted by Crippen LogP contribution is -2.55. The van der Waals surface area contributed by atoms with Crippen LogP contribution < -0.4 is 14.9 Å². The molecule has 1 aromatic carbocycles. The van der Waals surface area contributed by atoms with E-state index in [-0.39, 0.29) is 22.8 Å². The summed E-state index contributed by atoms with van der Waals surface area (Å²) in [6.45, 7) is 2.65. The van der Waals surface area contributed by atoms with Crippen molar-refractivity contribution in [1.29, 1.82) is 0 Å². The number of aliphatic hydroxyl groups excluding tert-OH is 2. The first-order valence-electron chi connectivity index (χ1n) is 9.97. The number of aromatic nitrogens is 1. The van der Waals surface area contributed by atoms with Crippen LogP contribution in [0.1, 0.15) is 29.9 Å². The molecule has 2 rings (SSSR count). The summed E-state index contributed by atoms with van der Waals surface area (Å²) in [6, 6.07) is 0.528. The van der Waals surface area contributed by atoms with Gasteiger partial charge in [-0.25, -0.2) is 26.5 Å². The lowest BCUT2D eigenvalue weighted by molar-refractivity contribution is -0.121. The molecule has 1 aromatic heterocycles. The van der Waals surface area contributed by atoms with Gasteiger partial charge in [0.1, 0.15) is 29.5 Å². The van der Waals surface area contributed by atoms with E-state index in [2.05, 4.69) is 15.6 Å². The summed E-state index contributed by atoms with van der Waals surface area (Å²) in [7, 11) is -2.35. The number of amides is 2. The summed E-state index contributed by atoms with van der Waals surface area (Å²) >= 11 is 0.891. The Morgan fingerprint density at radius 1 is 1.15 bits per heavy atom. The molecule has 0 unspecified atom stereocenters. The Kier molecular flexibility index (Phi) is 9.05. The molecule has 0 spiro atoms. The van der Waals surface area contributed by atoms with E-state index in [0.29, 0.717) is 6.07 Å². The maximum atomic E-state index is 13.7. The molecule has 0 radical (unpaired) electrons. The average molecular weight is 521 g/mol. The molecule has 10 nitrogen and oxygen atoms in total. The van der Waals surface area contributed by atoms with Crippen LogP contribution in [-0.2, 0) is 21.2 Å². The third kappa shape index (κ3) is 7.41. The Morgan fingerprint density at radius 2 is 1.74 bits per heavy atom. The second-order valence-corrected chi connectivity index (χ2v) is 10.6. The van der Waals surface area contributed by atoms with E-state index < -0.39 is 57.8 Å². The Labute approximate surface area is 199 Å². The number of benzene rings is 1. The van der Waals surface area contributed by atoms with Crippen molar-refractivity contribution in [3.63, 3.8) is 0 Å². The molecule has 0 bridgehead atoms. The molecule has 34 heavy (non-hydrogen) atoms. The van der Waals surface area contributed by atoms with Gasteiger partial charge in [-0.3, -0.25) is 9.59 Å². The first-order valence-corrected chi connectivity index (χ1v) is 12.7. The number of aliphatic hydroxyl groups is 2. The highest BCUT2D eigenvalue weighted by molar-refractivity contribution is 7.92. The topological polar surface area (TPSA) is 149 Å². The van der Waals surface area contributed by atoms with Gasteiger partial charge in [-0.05, 0) is 31.0 Å². The minimum atomic E-state index is -3.61. The first kappa shape index (κ1) is 27.6. The van der Waals surface area contributed by atoms with Gasteiger partial charge in [-0.15, -0.1) is 11.3 Å². The van der Waals surface area contributed by atoms with Crippen molar-refractivity contribution in [3.05, 3.63) is 46.5 Å². The Morgan fingerprint density at radius 3 is 2.26 bits per heavy atom. The molecule has 2 amide bonds. The number of hydrogen-bond acceptors (Lipinski definition) is 8. The van der Waals surface area contributed by atoms with E-state index in [0.717, 1.165) is 34.0 Å². The van der Waals surface area contributed by atoms with Crippen molar-refractivity contribution in [3.8, 4) is 0 Å². The fraction of sp³-hybridized carbons (Fsp3) is 0.450. The number of nitrogens with one attached hydrogen (secondary N) is 2. The minimum Gasteiger partial charge on any atom is -0.388 e.